The molecule has 1 unspecified atom stereocenters. The summed E-state index contributed by atoms with van der Waals surface area (Å²) < 4.78 is 64.3. The fraction of sp³-hybridized carbons (Fsp3) is 0.229. The first-order valence-corrected chi connectivity index (χ1v) is 14.2. The highest BCUT2D eigenvalue weighted by atomic mass is 19.4. The number of nitrogens with one attached hydrogen (secondary N) is 1. The van der Waals surface area contributed by atoms with Gasteiger partial charge in [0.05, 0.1) is 26.9 Å². The van der Waals surface area contributed by atoms with Gasteiger partial charge in [0.15, 0.2) is 11.5 Å². The minimum atomic E-state index is -4.49. The van der Waals surface area contributed by atoms with Gasteiger partial charge in [-0.2, -0.15) is 13.2 Å². The number of hydrogen-bond acceptors (Lipinski definition) is 6. The molecular weight excluding hydrogens is 585 g/mol. The molecule has 0 aliphatic heterocycles. The lowest BCUT2D eigenvalue weighted by Crippen LogP contribution is -2.30. The van der Waals surface area contributed by atoms with E-state index in [4.69, 9.17) is 18.9 Å². The Bertz CT molecular complexity index is 1740. The summed E-state index contributed by atoms with van der Waals surface area (Å²) >= 11 is 0. The average molecular weight is 619 g/mol. The highest BCUT2D eigenvalue weighted by molar-refractivity contribution is 5.90. The monoisotopic (exact) mass is 618 g/mol. The summed E-state index contributed by atoms with van der Waals surface area (Å²) in [5, 5.41) is 3.99. The molecule has 45 heavy (non-hydrogen) atoms. The molecular formula is C35H33F3N2O5. The molecule has 0 saturated heterocycles. The van der Waals surface area contributed by atoms with Crippen molar-refractivity contribution >= 4 is 16.9 Å². The molecule has 0 amide bonds. The van der Waals surface area contributed by atoms with E-state index in [1.54, 1.807) is 18.2 Å². The van der Waals surface area contributed by atoms with Crippen molar-refractivity contribution in [2.75, 3.05) is 21.3 Å². The number of carbonyl (C=O) groups excluding carboxylic acids is 1. The molecule has 0 radical (unpaired) electrons. The molecule has 234 valence electrons. The second kappa shape index (κ2) is 13.8. The van der Waals surface area contributed by atoms with Crippen molar-refractivity contribution in [2.45, 2.75) is 31.9 Å². The van der Waals surface area contributed by atoms with Crippen molar-refractivity contribution in [3.8, 4) is 17.2 Å². The number of methoxy groups -OCH3 is 3. The van der Waals surface area contributed by atoms with Gasteiger partial charge in [-0.05, 0) is 41.0 Å². The summed E-state index contributed by atoms with van der Waals surface area (Å²) in [6, 6.07) is 25.0. The van der Waals surface area contributed by atoms with E-state index in [9.17, 15) is 18.0 Å². The first-order valence-electron chi connectivity index (χ1n) is 14.2. The van der Waals surface area contributed by atoms with Gasteiger partial charge in [-0.15, -0.1) is 0 Å². The maximum atomic E-state index is 13.8. The quantitative estimate of drug-likeness (QED) is 0.148. The van der Waals surface area contributed by atoms with E-state index in [-0.39, 0.29) is 13.2 Å². The number of rotatable bonds is 12. The van der Waals surface area contributed by atoms with E-state index in [0.29, 0.717) is 40.5 Å². The highest BCUT2D eigenvalue weighted by Gasteiger charge is 2.31. The van der Waals surface area contributed by atoms with Crippen LogP contribution in [-0.4, -0.2) is 31.9 Å². The molecule has 5 rings (SSSR count). The lowest BCUT2D eigenvalue weighted by Gasteiger charge is -2.19. The highest BCUT2D eigenvalue weighted by Crippen LogP contribution is 2.38. The van der Waals surface area contributed by atoms with Gasteiger partial charge in [0.25, 0.3) is 0 Å². The maximum Gasteiger partial charge on any atom is 0.416 e. The molecule has 1 heterocycles. The maximum absolute atomic E-state index is 13.8. The fourth-order valence-electron chi connectivity index (χ4n) is 5.27. The molecule has 0 saturated carbocycles. The molecule has 1 aromatic heterocycles. The number of fused-ring (bicyclic) bond motifs is 1. The van der Waals surface area contributed by atoms with Gasteiger partial charge in [-0.3, -0.25) is 5.32 Å². The van der Waals surface area contributed by atoms with Crippen LogP contribution in [-0.2, 0) is 35.4 Å². The summed E-state index contributed by atoms with van der Waals surface area (Å²) in [6.45, 7) is 0.439. The van der Waals surface area contributed by atoms with Crippen LogP contribution in [0.25, 0.3) is 10.9 Å². The van der Waals surface area contributed by atoms with Crippen molar-refractivity contribution in [3.05, 3.63) is 125 Å². The number of aromatic nitrogens is 1. The second-order valence-corrected chi connectivity index (χ2v) is 10.4. The molecule has 1 atom stereocenters. The van der Waals surface area contributed by atoms with Gasteiger partial charge >= 0.3 is 12.1 Å². The largest absolute Gasteiger partial charge is 0.493 e. The number of benzene rings is 4. The van der Waals surface area contributed by atoms with Crippen molar-refractivity contribution in [3.63, 3.8) is 0 Å². The van der Waals surface area contributed by atoms with Gasteiger partial charge in [-0.1, -0.05) is 66.7 Å². The number of hydrogen-bond donors (Lipinski definition) is 1. The zero-order valence-corrected chi connectivity index (χ0v) is 25.1. The van der Waals surface area contributed by atoms with E-state index in [0.717, 1.165) is 28.6 Å². The molecule has 10 heteroatoms. The average Bonchev–Trinajstić information content (AvgIpc) is 3.41. The Hall–Kier alpha value is -4.96. The van der Waals surface area contributed by atoms with Crippen LogP contribution in [0, 0.1) is 0 Å². The molecule has 0 aliphatic carbocycles. The standard InChI is InChI=1S/C35H33F3N2O5/c1-42-30-17-25(18-31(43-2)33(30)44-3)22-45-34(41)32(39-19-24-12-9-13-26(16-24)35(36,37)38)28-21-40(20-23-10-5-4-6-11-23)29-15-8-7-14-27(28)29/h4-18,21,32,39H,19-20,22H2,1-3H3. The Kier molecular flexibility index (Phi) is 9.63. The fourth-order valence-corrected chi connectivity index (χ4v) is 5.27. The number of ether oxygens (including phenoxy) is 4. The lowest BCUT2D eigenvalue weighted by molar-refractivity contribution is -0.147. The molecule has 0 bridgehead atoms. The zero-order chi connectivity index (χ0) is 32.0. The van der Waals surface area contributed by atoms with E-state index in [1.165, 1.54) is 27.4 Å². The Morgan fingerprint density at radius 3 is 2.13 bits per heavy atom. The third-order valence-electron chi connectivity index (χ3n) is 7.43. The molecule has 0 aliphatic rings. The van der Waals surface area contributed by atoms with E-state index < -0.39 is 23.8 Å². The number of alkyl halides is 3. The minimum absolute atomic E-state index is 0.00788. The predicted octanol–water partition coefficient (Wildman–Crippen LogP) is 7.31. The number of esters is 1. The van der Waals surface area contributed by atoms with Crippen LogP contribution >= 0.6 is 0 Å². The van der Waals surface area contributed by atoms with Crippen LogP contribution in [0.3, 0.4) is 0 Å². The van der Waals surface area contributed by atoms with Crippen molar-refractivity contribution in [1.29, 1.82) is 0 Å². The predicted molar refractivity (Wildman–Crippen MR) is 164 cm³/mol. The van der Waals surface area contributed by atoms with Crippen molar-refractivity contribution in [2.24, 2.45) is 0 Å². The third-order valence-corrected chi connectivity index (χ3v) is 7.43. The molecule has 5 aromatic rings. The molecule has 4 aromatic carbocycles. The zero-order valence-electron chi connectivity index (χ0n) is 25.1. The summed E-state index contributed by atoms with van der Waals surface area (Å²) in [5.74, 6) is 0.623. The first kappa shape index (κ1) is 31.5. The second-order valence-electron chi connectivity index (χ2n) is 10.4. The topological polar surface area (TPSA) is 71.0 Å². The molecule has 1 N–H and O–H groups in total. The normalized spacial score (nSPS) is 12.1. The van der Waals surface area contributed by atoms with E-state index >= 15 is 0 Å². The van der Waals surface area contributed by atoms with E-state index in [2.05, 4.69) is 5.32 Å². The molecule has 0 spiro atoms. The van der Waals surface area contributed by atoms with Crippen LogP contribution in [0.2, 0.25) is 0 Å². The van der Waals surface area contributed by atoms with Crippen LogP contribution in [0.5, 0.6) is 17.2 Å². The summed E-state index contributed by atoms with van der Waals surface area (Å²) in [4.78, 5) is 13.8. The van der Waals surface area contributed by atoms with Crippen LogP contribution in [0.15, 0.2) is 97.2 Å². The Morgan fingerprint density at radius 1 is 0.800 bits per heavy atom. The number of carbonyl (C=O) groups is 1. The summed E-state index contributed by atoms with van der Waals surface area (Å²) in [6.07, 6.45) is -2.60. The SMILES string of the molecule is COc1cc(COC(=O)C(NCc2cccc(C(F)(F)F)c2)c2cn(Cc3ccccc3)c3ccccc23)cc(OC)c1OC. The van der Waals surface area contributed by atoms with Gasteiger partial charge in [-0.25, -0.2) is 4.79 Å². The minimum Gasteiger partial charge on any atom is -0.493 e. The number of halogens is 3. The Balaban J connectivity index is 1.48. The van der Waals surface area contributed by atoms with Gasteiger partial charge < -0.3 is 23.5 Å². The van der Waals surface area contributed by atoms with Crippen molar-refractivity contribution in [1.82, 2.24) is 9.88 Å². The molecule has 0 fully saturated rings. The van der Waals surface area contributed by atoms with Gasteiger partial charge in [0, 0.05) is 35.8 Å². The van der Waals surface area contributed by atoms with Crippen LogP contribution in [0.4, 0.5) is 13.2 Å². The summed E-state index contributed by atoms with van der Waals surface area (Å²) in [7, 11) is 4.48. The number of para-hydroxylation sites is 1. The number of nitrogens with zero attached hydrogens (tertiary/aromatic N) is 1. The van der Waals surface area contributed by atoms with Crippen molar-refractivity contribution < 1.29 is 36.9 Å². The summed E-state index contributed by atoms with van der Waals surface area (Å²) in [5.41, 5.74) is 2.83. The lowest BCUT2D eigenvalue weighted by atomic mass is 10.0. The smallest absolute Gasteiger partial charge is 0.416 e. The Labute approximate surface area is 259 Å². The van der Waals surface area contributed by atoms with E-state index in [1.807, 2.05) is 65.4 Å². The van der Waals surface area contributed by atoms with Gasteiger partial charge in [0.1, 0.15) is 12.6 Å². The van der Waals surface area contributed by atoms with Crippen LogP contribution in [0.1, 0.15) is 33.9 Å². The first-order chi connectivity index (χ1) is 21.7. The Morgan fingerprint density at radius 2 is 1.47 bits per heavy atom. The third kappa shape index (κ3) is 7.24. The van der Waals surface area contributed by atoms with Crippen LogP contribution < -0.4 is 19.5 Å². The molecule has 7 nitrogen and oxygen atoms in total. The van der Waals surface area contributed by atoms with Gasteiger partial charge in [0.2, 0.25) is 5.75 Å².